The van der Waals surface area contributed by atoms with Crippen molar-refractivity contribution in [3.05, 3.63) is 66.7 Å². The topological polar surface area (TPSA) is 79.5 Å². The molecule has 26 heavy (non-hydrogen) atoms. The maximum Gasteiger partial charge on any atom is 0.319 e. The Morgan fingerprint density at radius 3 is 2.42 bits per heavy atom. The molecule has 0 unspecified atom stereocenters. The van der Waals surface area contributed by atoms with Crippen LogP contribution < -0.4 is 20.7 Å². The maximum absolute atomic E-state index is 12.1. The molecule has 0 atom stereocenters. The minimum absolute atomic E-state index is 0.0720. The summed E-state index contributed by atoms with van der Waals surface area (Å²) in [4.78, 5) is 23.6. The standard InChI is InChI=1S/C20H23N3O3/c1-3-13-21-20(25)23-17-10-8-16(9-11-17)22-19(24)12-7-15-5-4-6-18(14-15)26-2/h3-6,8-11,14H,1,7,12-13H2,2H3,(H,22,24)(H2,21,23,25). The Bertz CT molecular complexity index is 757. The molecule has 136 valence electrons. The van der Waals surface area contributed by atoms with Crippen LogP contribution in [-0.2, 0) is 11.2 Å². The lowest BCUT2D eigenvalue weighted by Crippen LogP contribution is -2.28. The molecule has 0 aliphatic carbocycles. The van der Waals surface area contributed by atoms with Gasteiger partial charge >= 0.3 is 6.03 Å². The highest BCUT2D eigenvalue weighted by molar-refractivity contribution is 5.92. The second kappa shape index (κ2) is 9.88. The summed E-state index contributed by atoms with van der Waals surface area (Å²) in [6, 6.07) is 14.3. The largest absolute Gasteiger partial charge is 0.497 e. The summed E-state index contributed by atoms with van der Waals surface area (Å²) >= 11 is 0. The Morgan fingerprint density at radius 2 is 1.77 bits per heavy atom. The van der Waals surface area contributed by atoms with Crippen LogP contribution in [0.15, 0.2) is 61.2 Å². The van der Waals surface area contributed by atoms with Gasteiger partial charge in [-0.2, -0.15) is 0 Å². The van der Waals surface area contributed by atoms with Crippen LogP contribution in [0, 0.1) is 0 Å². The summed E-state index contributed by atoms with van der Waals surface area (Å²) < 4.78 is 5.18. The molecule has 0 aromatic heterocycles. The van der Waals surface area contributed by atoms with E-state index in [-0.39, 0.29) is 11.9 Å². The zero-order valence-corrected chi connectivity index (χ0v) is 14.7. The zero-order valence-electron chi connectivity index (χ0n) is 14.7. The first-order valence-corrected chi connectivity index (χ1v) is 8.29. The highest BCUT2D eigenvalue weighted by Crippen LogP contribution is 2.16. The number of hydrogen-bond donors (Lipinski definition) is 3. The first kappa shape index (κ1) is 19.1. The molecule has 0 saturated heterocycles. The van der Waals surface area contributed by atoms with Crippen molar-refractivity contribution in [3.8, 4) is 5.75 Å². The van der Waals surface area contributed by atoms with Crippen molar-refractivity contribution in [2.75, 3.05) is 24.3 Å². The first-order chi connectivity index (χ1) is 12.6. The SMILES string of the molecule is C=CCNC(=O)Nc1ccc(NC(=O)CCc2cccc(OC)c2)cc1. The molecule has 3 amide bonds. The Labute approximate surface area is 153 Å². The molecule has 0 radical (unpaired) electrons. The minimum atomic E-state index is -0.306. The van der Waals surface area contributed by atoms with E-state index in [4.69, 9.17) is 4.74 Å². The van der Waals surface area contributed by atoms with Crippen molar-refractivity contribution in [1.82, 2.24) is 5.32 Å². The van der Waals surface area contributed by atoms with Crippen molar-refractivity contribution in [2.24, 2.45) is 0 Å². The van der Waals surface area contributed by atoms with Crippen LogP contribution in [0.25, 0.3) is 0 Å². The van der Waals surface area contributed by atoms with Gasteiger partial charge in [-0.15, -0.1) is 6.58 Å². The van der Waals surface area contributed by atoms with Gasteiger partial charge in [-0.1, -0.05) is 18.2 Å². The van der Waals surface area contributed by atoms with E-state index in [9.17, 15) is 9.59 Å². The fraction of sp³-hybridized carbons (Fsp3) is 0.200. The summed E-state index contributed by atoms with van der Waals surface area (Å²) in [5, 5.41) is 8.16. The maximum atomic E-state index is 12.1. The van der Waals surface area contributed by atoms with Gasteiger partial charge in [-0.3, -0.25) is 4.79 Å². The van der Waals surface area contributed by atoms with Gasteiger partial charge in [0.05, 0.1) is 7.11 Å². The number of hydrogen-bond acceptors (Lipinski definition) is 3. The second-order valence-corrected chi connectivity index (χ2v) is 5.60. The van der Waals surface area contributed by atoms with Crippen molar-refractivity contribution in [2.45, 2.75) is 12.8 Å². The number of carbonyl (C=O) groups excluding carboxylic acids is 2. The number of nitrogens with one attached hydrogen (secondary N) is 3. The quantitative estimate of drug-likeness (QED) is 0.635. The molecule has 0 aliphatic heterocycles. The third-order valence-electron chi connectivity index (χ3n) is 3.61. The minimum Gasteiger partial charge on any atom is -0.497 e. The van der Waals surface area contributed by atoms with Crippen LogP contribution in [0.4, 0.5) is 16.2 Å². The monoisotopic (exact) mass is 353 g/mol. The Balaban J connectivity index is 1.81. The zero-order chi connectivity index (χ0) is 18.8. The number of urea groups is 1. The number of rotatable bonds is 8. The van der Waals surface area contributed by atoms with Crippen LogP contribution in [0.1, 0.15) is 12.0 Å². The number of anilines is 2. The molecule has 0 saturated carbocycles. The highest BCUT2D eigenvalue weighted by atomic mass is 16.5. The first-order valence-electron chi connectivity index (χ1n) is 8.29. The fourth-order valence-electron chi connectivity index (χ4n) is 2.29. The average molecular weight is 353 g/mol. The molecule has 2 rings (SSSR count). The van der Waals surface area contributed by atoms with E-state index in [1.807, 2.05) is 24.3 Å². The smallest absolute Gasteiger partial charge is 0.319 e. The van der Waals surface area contributed by atoms with E-state index in [1.165, 1.54) is 0 Å². The Hall–Kier alpha value is -3.28. The van der Waals surface area contributed by atoms with Crippen LogP contribution >= 0.6 is 0 Å². The number of carbonyl (C=O) groups is 2. The van der Waals surface area contributed by atoms with Crippen LogP contribution in [-0.4, -0.2) is 25.6 Å². The second-order valence-electron chi connectivity index (χ2n) is 5.60. The number of methoxy groups -OCH3 is 1. The Kier molecular flexibility index (Phi) is 7.24. The van der Waals surface area contributed by atoms with E-state index in [0.29, 0.717) is 30.8 Å². The molecule has 2 aromatic carbocycles. The molecule has 6 nitrogen and oxygen atoms in total. The predicted octanol–water partition coefficient (Wildman–Crippen LogP) is 3.57. The van der Waals surface area contributed by atoms with E-state index in [1.54, 1.807) is 37.5 Å². The van der Waals surface area contributed by atoms with Crippen molar-refractivity contribution >= 4 is 23.3 Å². The lowest BCUT2D eigenvalue weighted by molar-refractivity contribution is -0.116. The fourth-order valence-corrected chi connectivity index (χ4v) is 2.29. The molecule has 0 bridgehead atoms. The summed E-state index contributed by atoms with van der Waals surface area (Å²) in [5.41, 5.74) is 2.36. The van der Waals surface area contributed by atoms with Gasteiger partial charge in [0, 0.05) is 24.3 Å². The highest BCUT2D eigenvalue weighted by Gasteiger charge is 2.05. The van der Waals surface area contributed by atoms with E-state index < -0.39 is 0 Å². The van der Waals surface area contributed by atoms with Crippen molar-refractivity contribution < 1.29 is 14.3 Å². The normalized spacial score (nSPS) is 9.88. The van der Waals surface area contributed by atoms with Gasteiger partial charge < -0.3 is 20.7 Å². The van der Waals surface area contributed by atoms with Gasteiger partial charge in [0.25, 0.3) is 0 Å². The number of benzene rings is 2. The van der Waals surface area contributed by atoms with Crippen LogP contribution in [0.3, 0.4) is 0 Å². The molecule has 0 aliphatic rings. The molecule has 6 heteroatoms. The lowest BCUT2D eigenvalue weighted by Gasteiger charge is -2.09. The molecular formula is C20H23N3O3. The summed E-state index contributed by atoms with van der Waals surface area (Å²) in [6.45, 7) is 3.93. The molecule has 0 fully saturated rings. The molecule has 2 aromatic rings. The number of aryl methyl sites for hydroxylation is 1. The molecular weight excluding hydrogens is 330 g/mol. The van der Waals surface area contributed by atoms with Gasteiger partial charge in [0.2, 0.25) is 5.91 Å². The van der Waals surface area contributed by atoms with Crippen molar-refractivity contribution in [1.29, 1.82) is 0 Å². The molecule has 3 N–H and O–H groups in total. The summed E-state index contributed by atoms with van der Waals surface area (Å²) in [5.74, 6) is 0.709. The van der Waals surface area contributed by atoms with Gasteiger partial charge in [0.15, 0.2) is 0 Å². The summed E-state index contributed by atoms with van der Waals surface area (Å²) in [6.07, 6.45) is 2.60. The van der Waals surface area contributed by atoms with E-state index >= 15 is 0 Å². The Morgan fingerprint density at radius 1 is 1.08 bits per heavy atom. The lowest BCUT2D eigenvalue weighted by atomic mass is 10.1. The number of ether oxygens (including phenoxy) is 1. The van der Waals surface area contributed by atoms with Gasteiger partial charge in [-0.25, -0.2) is 4.79 Å². The van der Waals surface area contributed by atoms with E-state index in [0.717, 1.165) is 11.3 Å². The van der Waals surface area contributed by atoms with E-state index in [2.05, 4.69) is 22.5 Å². The van der Waals surface area contributed by atoms with Crippen LogP contribution in [0.5, 0.6) is 5.75 Å². The average Bonchev–Trinajstić information content (AvgIpc) is 2.66. The third-order valence-corrected chi connectivity index (χ3v) is 3.61. The van der Waals surface area contributed by atoms with Crippen molar-refractivity contribution in [3.63, 3.8) is 0 Å². The van der Waals surface area contributed by atoms with Crippen LogP contribution in [0.2, 0.25) is 0 Å². The van der Waals surface area contributed by atoms with Gasteiger partial charge in [0.1, 0.15) is 5.75 Å². The number of amides is 3. The third kappa shape index (κ3) is 6.32. The molecule has 0 heterocycles. The predicted molar refractivity (Wildman–Crippen MR) is 104 cm³/mol. The summed E-state index contributed by atoms with van der Waals surface area (Å²) in [7, 11) is 1.62. The van der Waals surface area contributed by atoms with Gasteiger partial charge in [-0.05, 0) is 48.4 Å². The molecule has 0 spiro atoms.